The lowest BCUT2D eigenvalue weighted by Crippen LogP contribution is -2.47. The highest BCUT2D eigenvalue weighted by Crippen LogP contribution is 2.56. The molecular weight excluding hydrogens is 236 g/mol. The van der Waals surface area contributed by atoms with E-state index in [1.54, 1.807) is 0 Å². The first-order valence-electron chi connectivity index (χ1n) is 5.62. The summed E-state index contributed by atoms with van der Waals surface area (Å²) in [5, 5.41) is 0.650. The molecule has 2 bridgehead atoms. The van der Waals surface area contributed by atoms with Gasteiger partial charge in [0.25, 0.3) is 0 Å². The van der Waals surface area contributed by atoms with Crippen molar-refractivity contribution in [2.45, 2.75) is 31.0 Å². The van der Waals surface area contributed by atoms with Crippen LogP contribution in [0.5, 0.6) is 0 Å². The summed E-state index contributed by atoms with van der Waals surface area (Å²) in [6.07, 6.45) is 4.54. The van der Waals surface area contributed by atoms with Crippen molar-refractivity contribution < 1.29 is 4.74 Å². The molecule has 0 N–H and O–H groups in total. The second-order valence-electron chi connectivity index (χ2n) is 5.59. The summed E-state index contributed by atoms with van der Waals surface area (Å²) in [4.78, 5) is 0. The fourth-order valence-corrected chi connectivity index (χ4v) is 5.29. The van der Waals surface area contributed by atoms with Crippen LogP contribution in [0, 0.1) is 0 Å². The van der Waals surface area contributed by atoms with Gasteiger partial charge >= 0.3 is 0 Å². The summed E-state index contributed by atoms with van der Waals surface area (Å²) in [7, 11) is -1.51. The van der Waals surface area contributed by atoms with E-state index >= 15 is 0 Å². The fourth-order valence-electron chi connectivity index (χ4n) is 2.78. The minimum Gasteiger partial charge on any atom is -0.358 e. The third kappa shape index (κ3) is 1.10. The lowest BCUT2D eigenvalue weighted by Gasteiger charge is -2.36. The topological polar surface area (TPSA) is 9.23 Å². The van der Waals surface area contributed by atoms with Crippen LogP contribution in [0.1, 0.15) is 17.2 Å². The molecule has 0 saturated carbocycles. The first-order chi connectivity index (χ1) is 7.46. The molecule has 0 amide bonds. The van der Waals surface area contributed by atoms with Crippen LogP contribution in [-0.4, -0.2) is 8.07 Å². The largest absolute Gasteiger partial charge is 0.358 e. The minimum absolute atomic E-state index is 0.125. The Morgan fingerprint density at radius 1 is 1.31 bits per heavy atom. The molecule has 2 heterocycles. The molecule has 84 valence electrons. The molecule has 1 nitrogen and oxygen atoms in total. The molecule has 3 rings (SSSR count). The molecule has 0 saturated heterocycles. The van der Waals surface area contributed by atoms with Crippen molar-refractivity contribution in [3.05, 3.63) is 46.5 Å². The molecule has 0 fully saturated rings. The van der Waals surface area contributed by atoms with Crippen molar-refractivity contribution in [3.63, 3.8) is 0 Å². The lowest BCUT2D eigenvalue weighted by molar-refractivity contribution is 0.0487. The van der Waals surface area contributed by atoms with Gasteiger partial charge in [0.15, 0.2) is 0 Å². The molecule has 2 unspecified atom stereocenters. The molecule has 0 aromatic heterocycles. The van der Waals surface area contributed by atoms with Crippen LogP contribution in [0.4, 0.5) is 0 Å². The number of fused-ring (bicyclic) bond motifs is 5. The van der Waals surface area contributed by atoms with Gasteiger partial charge in [-0.3, -0.25) is 0 Å². The Labute approximate surface area is 102 Å². The number of rotatable bonds is 1. The Bertz CT molecular complexity index is 489. The number of ether oxygens (including phenoxy) is 1. The van der Waals surface area contributed by atoms with Gasteiger partial charge in [-0.25, -0.2) is 0 Å². The maximum Gasteiger partial charge on any atom is 0.102 e. The Hall–Kier alpha value is -0.573. The van der Waals surface area contributed by atoms with E-state index in [2.05, 4.69) is 37.9 Å². The predicted molar refractivity (Wildman–Crippen MR) is 69.4 cm³/mol. The molecule has 2 aliphatic heterocycles. The van der Waals surface area contributed by atoms with E-state index in [1.165, 1.54) is 11.1 Å². The van der Waals surface area contributed by atoms with Crippen LogP contribution in [0.2, 0.25) is 24.7 Å². The standard InChI is InChI=1S/C13H15ClOSi/c1-16(2,3)13-8-7-11(15-13)9-5-4-6-10(14)12(9)13/h4-8,11H,1-3H3. The zero-order valence-electron chi connectivity index (χ0n) is 9.75. The SMILES string of the molecule is C[Si](C)(C)C12C=CC(O1)c1cccc(Cl)c12. The van der Waals surface area contributed by atoms with Crippen LogP contribution in [0.15, 0.2) is 30.4 Å². The van der Waals surface area contributed by atoms with Gasteiger partial charge in [-0.05, 0) is 11.6 Å². The molecule has 0 radical (unpaired) electrons. The average molecular weight is 251 g/mol. The first-order valence-corrected chi connectivity index (χ1v) is 9.49. The van der Waals surface area contributed by atoms with Crippen molar-refractivity contribution in [1.29, 1.82) is 0 Å². The van der Waals surface area contributed by atoms with Crippen molar-refractivity contribution in [3.8, 4) is 0 Å². The molecule has 0 aliphatic carbocycles. The Morgan fingerprint density at radius 2 is 2.06 bits per heavy atom. The number of hydrogen-bond donors (Lipinski definition) is 0. The zero-order chi connectivity index (χ0) is 11.6. The van der Waals surface area contributed by atoms with Crippen LogP contribution in [0.3, 0.4) is 0 Å². The monoisotopic (exact) mass is 250 g/mol. The Balaban J connectivity index is 2.30. The van der Waals surface area contributed by atoms with E-state index in [0.29, 0.717) is 0 Å². The predicted octanol–water partition coefficient (Wildman–Crippen LogP) is 4.05. The van der Waals surface area contributed by atoms with Gasteiger partial charge in [-0.2, -0.15) is 0 Å². The van der Waals surface area contributed by atoms with Gasteiger partial charge in [-0.1, -0.05) is 55.5 Å². The van der Waals surface area contributed by atoms with E-state index in [-0.39, 0.29) is 11.3 Å². The second kappa shape index (κ2) is 3.00. The minimum atomic E-state index is -1.51. The quantitative estimate of drug-likeness (QED) is 0.540. The lowest BCUT2D eigenvalue weighted by atomic mass is 9.96. The highest BCUT2D eigenvalue weighted by molar-refractivity contribution is 6.79. The maximum absolute atomic E-state index is 6.37. The van der Waals surface area contributed by atoms with Crippen LogP contribution < -0.4 is 0 Å². The van der Waals surface area contributed by atoms with Gasteiger partial charge in [-0.15, -0.1) is 0 Å². The summed E-state index contributed by atoms with van der Waals surface area (Å²) in [5.41, 5.74) is 2.49. The van der Waals surface area contributed by atoms with Gasteiger partial charge in [0.1, 0.15) is 11.3 Å². The molecule has 1 aromatic rings. The van der Waals surface area contributed by atoms with E-state index in [4.69, 9.17) is 16.3 Å². The first kappa shape index (κ1) is 10.6. The molecule has 1 aromatic carbocycles. The Kier molecular flexibility index (Phi) is 1.98. The third-order valence-electron chi connectivity index (χ3n) is 3.66. The molecular formula is C13H15ClOSi. The van der Waals surface area contributed by atoms with Gasteiger partial charge < -0.3 is 4.74 Å². The number of hydrogen-bond acceptors (Lipinski definition) is 1. The van der Waals surface area contributed by atoms with Crippen molar-refractivity contribution in [2.24, 2.45) is 0 Å². The highest BCUT2D eigenvalue weighted by Gasteiger charge is 2.55. The van der Waals surface area contributed by atoms with E-state index < -0.39 is 8.07 Å². The number of halogens is 1. The summed E-state index contributed by atoms with van der Waals surface area (Å²) in [6.45, 7) is 6.99. The molecule has 2 atom stereocenters. The van der Waals surface area contributed by atoms with Crippen molar-refractivity contribution >= 4 is 19.7 Å². The summed E-state index contributed by atoms with van der Waals surface area (Å²) < 4.78 is 6.24. The van der Waals surface area contributed by atoms with Crippen LogP contribution in [-0.2, 0) is 9.96 Å². The van der Waals surface area contributed by atoms with Gasteiger partial charge in [0.05, 0.1) is 8.07 Å². The third-order valence-corrected chi connectivity index (χ3v) is 6.73. The van der Waals surface area contributed by atoms with E-state index in [1.807, 2.05) is 12.1 Å². The van der Waals surface area contributed by atoms with E-state index in [9.17, 15) is 0 Å². The number of benzene rings is 1. The summed E-state index contributed by atoms with van der Waals surface area (Å²) in [6, 6.07) is 6.12. The maximum atomic E-state index is 6.37. The summed E-state index contributed by atoms with van der Waals surface area (Å²) in [5.74, 6) is 0. The van der Waals surface area contributed by atoms with Gasteiger partial charge in [0.2, 0.25) is 0 Å². The molecule has 2 aliphatic rings. The van der Waals surface area contributed by atoms with Crippen molar-refractivity contribution in [1.82, 2.24) is 0 Å². The summed E-state index contributed by atoms with van der Waals surface area (Å²) >= 11 is 6.37. The van der Waals surface area contributed by atoms with Crippen LogP contribution in [0.25, 0.3) is 0 Å². The van der Waals surface area contributed by atoms with Crippen LogP contribution >= 0.6 is 11.6 Å². The fraction of sp³-hybridized carbons (Fsp3) is 0.385. The zero-order valence-corrected chi connectivity index (χ0v) is 11.5. The smallest absolute Gasteiger partial charge is 0.102 e. The second-order valence-corrected chi connectivity index (χ2v) is 11.2. The molecule has 16 heavy (non-hydrogen) atoms. The van der Waals surface area contributed by atoms with Gasteiger partial charge in [0, 0.05) is 10.6 Å². The molecule has 3 heteroatoms. The average Bonchev–Trinajstić information content (AvgIpc) is 2.74. The molecule has 0 spiro atoms. The normalized spacial score (nSPS) is 30.9. The van der Waals surface area contributed by atoms with Crippen molar-refractivity contribution in [2.75, 3.05) is 0 Å². The highest BCUT2D eigenvalue weighted by atomic mass is 35.5. The van der Waals surface area contributed by atoms with E-state index in [0.717, 1.165) is 5.02 Å². The Morgan fingerprint density at radius 3 is 2.75 bits per heavy atom.